The van der Waals surface area contributed by atoms with Crippen LogP contribution in [-0.4, -0.2) is 40.7 Å². The van der Waals surface area contributed by atoms with Gasteiger partial charge in [0.1, 0.15) is 22.8 Å². The number of rotatable bonds is 5. The first kappa shape index (κ1) is 19.2. The molecule has 4 aromatic rings. The van der Waals surface area contributed by atoms with Crippen molar-refractivity contribution in [1.29, 1.82) is 0 Å². The molecule has 4 rings (SSSR count). The Morgan fingerprint density at radius 3 is 2.53 bits per heavy atom. The molecule has 2 aromatic carbocycles. The zero-order chi connectivity index (χ0) is 21.3. The van der Waals surface area contributed by atoms with Crippen LogP contribution in [0.4, 0.5) is 10.5 Å². The van der Waals surface area contributed by atoms with Gasteiger partial charge >= 0.3 is 6.09 Å². The number of nitrogens with zero attached hydrogens (tertiary/aromatic N) is 4. The van der Waals surface area contributed by atoms with Crippen LogP contribution in [0.15, 0.2) is 57.5 Å². The molecule has 0 atom stereocenters. The molecule has 0 saturated carbocycles. The SMILES string of the molecule is COc1cc(N(C)C(=O)O)ccc1-c1nnc(-c2c(-c3ccccc3)noc2C)o1. The summed E-state index contributed by atoms with van der Waals surface area (Å²) in [4.78, 5) is 12.3. The first-order valence-corrected chi connectivity index (χ1v) is 9.00. The van der Waals surface area contributed by atoms with E-state index in [2.05, 4.69) is 15.4 Å². The van der Waals surface area contributed by atoms with Gasteiger partial charge in [-0.25, -0.2) is 4.79 Å². The Balaban J connectivity index is 1.75. The Hall–Kier alpha value is -4.14. The van der Waals surface area contributed by atoms with Crippen LogP contribution in [0.1, 0.15) is 5.76 Å². The Labute approximate surface area is 171 Å². The maximum atomic E-state index is 11.2. The normalized spacial score (nSPS) is 10.8. The van der Waals surface area contributed by atoms with Crippen molar-refractivity contribution in [3.05, 3.63) is 54.3 Å². The number of amides is 1. The number of methoxy groups -OCH3 is 1. The van der Waals surface area contributed by atoms with E-state index in [-0.39, 0.29) is 11.8 Å². The molecule has 0 fully saturated rings. The molecular formula is C21H18N4O5. The predicted molar refractivity (Wildman–Crippen MR) is 108 cm³/mol. The van der Waals surface area contributed by atoms with E-state index in [1.54, 1.807) is 25.1 Å². The van der Waals surface area contributed by atoms with Crippen molar-refractivity contribution in [3.8, 4) is 39.9 Å². The molecule has 9 heteroatoms. The second-order valence-electron chi connectivity index (χ2n) is 6.47. The van der Waals surface area contributed by atoms with E-state index < -0.39 is 6.09 Å². The molecule has 0 radical (unpaired) electrons. The molecular weight excluding hydrogens is 388 g/mol. The number of ether oxygens (including phenoxy) is 1. The van der Waals surface area contributed by atoms with E-state index in [1.807, 2.05) is 30.3 Å². The number of carbonyl (C=O) groups is 1. The average Bonchev–Trinajstić information content (AvgIpc) is 3.39. The van der Waals surface area contributed by atoms with Crippen LogP contribution in [0.2, 0.25) is 0 Å². The Bertz CT molecular complexity index is 1200. The van der Waals surface area contributed by atoms with Crippen LogP contribution in [0, 0.1) is 6.92 Å². The fraction of sp³-hybridized carbons (Fsp3) is 0.143. The maximum absolute atomic E-state index is 11.2. The number of carboxylic acid groups (broad SMARTS) is 1. The van der Waals surface area contributed by atoms with Gasteiger partial charge in [0.25, 0.3) is 11.8 Å². The molecule has 0 saturated heterocycles. The highest BCUT2D eigenvalue weighted by molar-refractivity contribution is 5.86. The van der Waals surface area contributed by atoms with Crippen molar-refractivity contribution in [3.63, 3.8) is 0 Å². The maximum Gasteiger partial charge on any atom is 0.411 e. The largest absolute Gasteiger partial charge is 0.496 e. The lowest BCUT2D eigenvalue weighted by Crippen LogP contribution is -2.23. The Morgan fingerprint density at radius 2 is 1.83 bits per heavy atom. The summed E-state index contributed by atoms with van der Waals surface area (Å²) in [5.41, 5.74) is 3.07. The monoisotopic (exact) mass is 406 g/mol. The summed E-state index contributed by atoms with van der Waals surface area (Å²) in [6.07, 6.45) is -1.08. The third-order valence-corrected chi connectivity index (χ3v) is 4.64. The zero-order valence-electron chi connectivity index (χ0n) is 16.5. The summed E-state index contributed by atoms with van der Waals surface area (Å²) in [6, 6.07) is 14.5. The summed E-state index contributed by atoms with van der Waals surface area (Å²) in [5.74, 6) is 1.44. The van der Waals surface area contributed by atoms with Gasteiger partial charge < -0.3 is 18.8 Å². The van der Waals surface area contributed by atoms with Crippen LogP contribution in [0.3, 0.4) is 0 Å². The first-order chi connectivity index (χ1) is 14.5. The van der Waals surface area contributed by atoms with Crippen LogP contribution in [0.25, 0.3) is 34.2 Å². The zero-order valence-corrected chi connectivity index (χ0v) is 16.5. The predicted octanol–water partition coefficient (Wildman–Crippen LogP) is 4.49. The molecule has 9 nitrogen and oxygen atoms in total. The molecule has 0 unspecified atom stereocenters. The minimum absolute atomic E-state index is 0.228. The highest BCUT2D eigenvalue weighted by atomic mass is 16.5. The third-order valence-electron chi connectivity index (χ3n) is 4.64. The van der Waals surface area contributed by atoms with Crippen molar-refractivity contribution in [2.75, 3.05) is 19.1 Å². The van der Waals surface area contributed by atoms with Crippen LogP contribution >= 0.6 is 0 Å². The molecule has 2 heterocycles. The first-order valence-electron chi connectivity index (χ1n) is 9.00. The number of aromatic nitrogens is 3. The number of hydrogen-bond acceptors (Lipinski definition) is 7. The van der Waals surface area contributed by atoms with Gasteiger partial charge in [-0.05, 0) is 19.1 Å². The van der Waals surface area contributed by atoms with E-state index in [4.69, 9.17) is 18.8 Å². The van der Waals surface area contributed by atoms with Crippen molar-refractivity contribution in [1.82, 2.24) is 15.4 Å². The molecule has 0 aliphatic heterocycles. The lowest BCUT2D eigenvalue weighted by atomic mass is 10.1. The summed E-state index contributed by atoms with van der Waals surface area (Å²) < 4.78 is 16.7. The average molecular weight is 406 g/mol. The van der Waals surface area contributed by atoms with Crippen molar-refractivity contribution in [2.45, 2.75) is 6.92 Å². The molecule has 0 aliphatic carbocycles. The number of aryl methyl sites for hydroxylation is 1. The van der Waals surface area contributed by atoms with E-state index in [0.717, 1.165) is 10.5 Å². The van der Waals surface area contributed by atoms with Crippen LogP contribution < -0.4 is 9.64 Å². The molecule has 152 valence electrons. The van der Waals surface area contributed by atoms with Gasteiger partial charge in [-0.15, -0.1) is 10.2 Å². The molecule has 30 heavy (non-hydrogen) atoms. The quantitative estimate of drug-likeness (QED) is 0.515. The van der Waals surface area contributed by atoms with Crippen LogP contribution in [0.5, 0.6) is 5.75 Å². The topological polar surface area (TPSA) is 115 Å². The Morgan fingerprint density at radius 1 is 1.10 bits per heavy atom. The molecule has 0 bridgehead atoms. The summed E-state index contributed by atoms with van der Waals surface area (Å²) >= 11 is 0. The van der Waals surface area contributed by atoms with Gasteiger partial charge in [0.15, 0.2) is 0 Å². The molecule has 2 aromatic heterocycles. The van der Waals surface area contributed by atoms with Crippen molar-refractivity contribution in [2.24, 2.45) is 0 Å². The Kier molecular flexibility index (Phi) is 4.93. The molecule has 0 spiro atoms. The van der Waals surface area contributed by atoms with Gasteiger partial charge in [-0.3, -0.25) is 4.90 Å². The van der Waals surface area contributed by atoms with E-state index >= 15 is 0 Å². The van der Waals surface area contributed by atoms with Crippen LogP contribution in [-0.2, 0) is 0 Å². The van der Waals surface area contributed by atoms with Gasteiger partial charge in [0, 0.05) is 18.7 Å². The van der Waals surface area contributed by atoms with Gasteiger partial charge in [-0.1, -0.05) is 35.5 Å². The lowest BCUT2D eigenvalue weighted by Gasteiger charge is -2.15. The fourth-order valence-corrected chi connectivity index (χ4v) is 3.03. The smallest absolute Gasteiger partial charge is 0.411 e. The summed E-state index contributed by atoms with van der Waals surface area (Å²) in [7, 11) is 2.93. The summed E-state index contributed by atoms with van der Waals surface area (Å²) in [6.45, 7) is 1.77. The fourth-order valence-electron chi connectivity index (χ4n) is 3.03. The van der Waals surface area contributed by atoms with E-state index in [9.17, 15) is 4.79 Å². The van der Waals surface area contributed by atoms with Gasteiger partial charge in [0.05, 0.1) is 18.4 Å². The van der Waals surface area contributed by atoms with Crippen molar-refractivity contribution < 1.29 is 23.6 Å². The molecule has 0 aliphatic rings. The van der Waals surface area contributed by atoms with E-state index in [1.165, 1.54) is 14.2 Å². The highest BCUT2D eigenvalue weighted by Gasteiger charge is 2.23. The second-order valence-corrected chi connectivity index (χ2v) is 6.47. The number of anilines is 1. The third kappa shape index (κ3) is 3.37. The summed E-state index contributed by atoms with van der Waals surface area (Å²) in [5, 5.41) is 21.6. The van der Waals surface area contributed by atoms with E-state index in [0.29, 0.717) is 34.0 Å². The van der Waals surface area contributed by atoms with Gasteiger partial charge in [-0.2, -0.15) is 0 Å². The molecule has 1 amide bonds. The number of benzene rings is 2. The standard InChI is InChI=1S/C21H18N4O5/c1-12-17(18(24-30-12)13-7-5-4-6-8-13)20-23-22-19(29-20)15-10-9-14(11-16(15)28-3)25(2)21(26)27/h4-11H,1-3H3,(H,26,27). The van der Waals surface area contributed by atoms with Gasteiger partial charge in [0.2, 0.25) is 0 Å². The molecule has 1 N–H and O–H groups in total. The number of hydrogen-bond donors (Lipinski definition) is 1. The van der Waals surface area contributed by atoms with Crippen molar-refractivity contribution >= 4 is 11.8 Å². The minimum atomic E-state index is -1.08. The second kappa shape index (κ2) is 7.70. The minimum Gasteiger partial charge on any atom is -0.496 e. The highest BCUT2D eigenvalue weighted by Crippen LogP contribution is 2.37. The lowest BCUT2D eigenvalue weighted by molar-refractivity contribution is 0.203.